The van der Waals surface area contributed by atoms with Gasteiger partial charge in [0.1, 0.15) is 0 Å². The van der Waals surface area contributed by atoms with Gasteiger partial charge in [-0.2, -0.15) is 4.31 Å². The van der Waals surface area contributed by atoms with Gasteiger partial charge >= 0.3 is 0 Å². The van der Waals surface area contributed by atoms with Gasteiger partial charge in [0.2, 0.25) is 10.0 Å². The van der Waals surface area contributed by atoms with Crippen LogP contribution in [0.15, 0.2) is 29.3 Å². The van der Waals surface area contributed by atoms with Crippen molar-refractivity contribution in [2.45, 2.75) is 39.9 Å². The van der Waals surface area contributed by atoms with Crippen molar-refractivity contribution in [3.05, 3.63) is 35.4 Å². The molecule has 1 fully saturated rings. The van der Waals surface area contributed by atoms with Crippen LogP contribution >= 0.6 is 24.0 Å². The maximum absolute atomic E-state index is 12.5. The Morgan fingerprint density at radius 1 is 1.19 bits per heavy atom. The van der Waals surface area contributed by atoms with Gasteiger partial charge in [-0.3, -0.25) is 4.99 Å². The van der Waals surface area contributed by atoms with Crippen LogP contribution in [0.1, 0.15) is 38.0 Å². The second-order valence-corrected chi connectivity index (χ2v) is 9.83. The van der Waals surface area contributed by atoms with Crippen molar-refractivity contribution in [1.29, 1.82) is 0 Å². The summed E-state index contributed by atoms with van der Waals surface area (Å²) in [4.78, 5) is 6.63. The number of hydrogen-bond donors (Lipinski definition) is 2. The number of aliphatic hydroxyl groups is 1. The van der Waals surface area contributed by atoms with Crippen LogP contribution in [0.4, 0.5) is 0 Å². The summed E-state index contributed by atoms with van der Waals surface area (Å²) in [6.45, 7) is 10.9. The number of aliphatic imine (C=N–C) groups is 1. The third-order valence-corrected chi connectivity index (χ3v) is 6.77. The highest BCUT2D eigenvalue weighted by Crippen LogP contribution is 2.15. The standard InChI is InChI=1S/C21H36N4O4S.HI/c1-5-22-21(23-16-20(26)19-8-6-18(4)7-9-19)24-10-12-25(13-11-24)30(27,28)15-14-29-17(2)3;/h6-9,17,20,26H,5,10-16H2,1-4H3,(H,22,23);1H. The van der Waals surface area contributed by atoms with Crippen molar-refractivity contribution >= 4 is 40.0 Å². The number of nitrogens with one attached hydrogen (secondary N) is 1. The molecular formula is C21H37IN4O4S. The van der Waals surface area contributed by atoms with E-state index in [1.165, 1.54) is 4.31 Å². The van der Waals surface area contributed by atoms with E-state index in [0.717, 1.165) is 11.1 Å². The molecule has 178 valence electrons. The highest BCUT2D eigenvalue weighted by atomic mass is 127. The minimum atomic E-state index is -3.32. The second kappa shape index (κ2) is 13.6. The number of nitrogens with zero attached hydrogens (tertiary/aromatic N) is 3. The maximum Gasteiger partial charge on any atom is 0.216 e. The number of aliphatic hydroxyl groups excluding tert-OH is 1. The molecule has 0 bridgehead atoms. The zero-order valence-corrected chi connectivity index (χ0v) is 22.1. The van der Waals surface area contributed by atoms with Gasteiger partial charge in [0, 0.05) is 32.7 Å². The summed E-state index contributed by atoms with van der Waals surface area (Å²) in [6.07, 6.45) is -0.659. The molecule has 31 heavy (non-hydrogen) atoms. The second-order valence-electron chi connectivity index (χ2n) is 7.74. The number of benzene rings is 1. The van der Waals surface area contributed by atoms with Crippen LogP contribution in [0, 0.1) is 6.92 Å². The molecule has 1 atom stereocenters. The highest BCUT2D eigenvalue weighted by molar-refractivity contribution is 14.0. The van der Waals surface area contributed by atoms with Gasteiger partial charge in [-0.25, -0.2) is 8.42 Å². The molecule has 2 N–H and O–H groups in total. The Balaban J connectivity index is 0.00000480. The summed E-state index contributed by atoms with van der Waals surface area (Å²) in [7, 11) is -3.32. The fourth-order valence-electron chi connectivity index (χ4n) is 3.19. The molecule has 1 heterocycles. The number of guanidine groups is 1. The molecule has 1 aromatic carbocycles. The minimum Gasteiger partial charge on any atom is -0.386 e. The van der Waals surface area contributed by atoms with Crippen molar-refractivity contribution in [2.24, 2.45) is 4.99 Å². The molecule has 0 amide bonds. The molecule has 0 radical (unpaired) electrons. The number of piperazine rings is 1. The lowest BCUT2D eigenvalue weighted by molar-refractivity contribution is 0.0904. The molecule has 0 saturated carbocycles. The van der Waals surface area contributed by atoms with E-state index in [1.807, 2.05) is 56.9 Å². The zero-order chi connectivity index (χ0) is 22.1. The van der Waals surface area contributed by atoms with E-state index in [4.69, 9.17) is 4.74 Å². The number of ether oxygens (including phenoxy) is 1. The summed E-state index contributed by atoms with van der Waals surface area (Å²) >= 11 is 0. The molecule has 0 aliphatic carbocycles. The number of hydrogen-bond acceptors (Lipinski definition) is 5. The van der Waals surface area contributed by atoms with Gasteiger partial charge in [-0.1, -0.05) is 29.8 Å². The summed E-state index contributed by atoms with van der Waals surface area (Å²) in [5.74, 6) is 0.700. The van der Waals surface area contributed by atoms with E-state index in [9.17, 15) is 13.5 Å². The average molecular weight is 569 g/mol. The first-order valence-electron chi connectivity index (χ1n) is 10.6. The Bertz CT molecular complexity index is 779. The largest absolute Gasteiger partial charge is 0.386 e. The fourth-order valence-corrected chi connectivity index (χ4v) is 4.47. The van der Waals surface area contributed by atoms with E-state index in [1.54, 1.807) is 0 Å². The van der Waals surface area contributed by atoms with Gasteiger partial charge in [0.05, 0.1) is 31.1 Å². The monoisotopic (exact) mass is 568 g/mol. The third-order valence-electron chi connectivity index (χ3n) is 4.94. The SMILES string of the molecule is CCNC(=NCC(O)c1ccc(C)cc1)N1CCN(S(=O)(=O)CCOC(C)C)CC1.I. The first-order valence-corrected chi connectivity index (χ1v) is 12.2. The average Bonchev–Trinajstić information content (AvgIpc) is 2.71. The van der Waals surface area contributed by atoms with E-state index >= 15 is 0 Å². The van der Waals surface area contributed by atoms with Crippen LogP contribution in [0.5, 0.6) is 0 Å². The Hall–Kier alpha value is -0.950. The van der Waals surface area contributed by atoms with E-state index in [-0.39, 0.29) is 49.0 Å². The lowest BCUT2D eigenvalue weighted by atomic mass is 10.1. The van der Waals surface area contributed by atoms with E-state index < -0.39 is 16.1 Å². The first-order chi connectivity index (χ1) is 14.2. The quantitative estimate of drug-likeness (QED) is 0.269. The molecule has 1 unspecified atom stereocenters. The van der Waals surface area contributed by atoms with Gasteiger partial charge in [-0.15, -0.1) is 24.0 Å². The van der Waals surface area contributed by atoms with Crippen LogP contribution in [-0.4, -0.2) is 86.4 Å². The van der Waals surface area contributed by atoms with E-state index in [2.05, 4.69) is 10.3 Å². The molecule has 10 heteroatoms. The first kappa shape index (κ1) is 28.1. The van der Waals surface area contributed by atoms with Crippen molar-refractivity contribution in [2.75, 3.05) is 51.6 Å². The number of aryl methyl sites for hydroxylation is 1. The summed E-state index contributed by atoms with van der Waals surface area (Å²) in [5, 5.41) is 13.7. The van der Waals surface area contributed by atoms with Crippen molar-refractivity contribution in [1.82, 2.24) is 14.5 Å². The Labute approximate surface area is 204 Å². The van der Waals surface area contributed by atoms with Crippen LogP contribution in [-0.2, 0) is 14.8 Å². The normalized spacial score (nSPS) is 16.8. The molecule has 1 aromatic rings. The lowest BCUT2D eigenvalue weighted by Crippen LogP contribution is -2.54. The van der Waals surface area contributed by atoms with Crippen LogP contribution in [0.3, 0.4) is 0 Å². The molecule has 1 aliphatic heterocycles. The van der Waals surface area contributed by atoms with Crippen molar-refractivity contribution in [3.63, 3.8) is 0 Å². The Kier molecular flexibility index (Phi) is 12.3. The van der Waals surface area contributed by atoms with Gasteiger partial charge < -0.3 is 20.1 Å². The van der Waals surface area contributed by atoms with Gasteiger partial charge in [0.25, 0.3) is 0 Å². The topological polar surface area (TPSA) is 94.5 Å². The smallest absolute Gasteiger partial charge is 0.216 e. The third kappa shape index (κ3) is 9.21. The van der Waals surface area contributed by atoms with Gasteiger partial charge in [-0.05, 0) is 33.3 Å². The van der Waals surface area contributed by atoms with Crippen molar-refractivity contribution < 1.29 is 18.3 Å². The van der Waals surface area contributed by atoms with Gasteiger partial charge in [0.15, 0.2) is 5.96 Å². The fraction of sp³-hybridized carbons (Fsp3) is 0.667. The zero-order valence-electron chi connectivity index (χ0n) is 19.0. The number of halogens is 1. The molecule has 0 spiro atoms. The molecule has 1 aliphatic rings. The predicted molar refractivity (Wildman–Crippen MR) is 136 cm³/mol. The molecule has 8 nitrogen and oxygen atoms in total. The van der Waals surface area contributed by atoms with Crippen LogP contribution in [0.25, 0.3) is 0 Å². The van der Waals surface area contributed by atoms with E-state index in [0.29, 0.717) is 38.7 Å². The predicted octanol–water partition coefficient (Wildman–Crippen LogP) is 1.98. The number of sulfonamides is 1. The van der Waals surface area contributed by atoms with Crippen molar-refractivity contribution in [3.8, 4) is 0 Å². The summed E-state index contributed by atoms with van der Waals surface area (Å²) in [5.41, 5.74) is 1.98. The minimum absolute atomic E-state index is 0. The number of rotatable bonds is 9. The van der Waals surface area contributed by atoms with Crippen LogP contribution in [0.2, 0.25) is 0 Å². The molecule has 0 aromatic heterocycles. The molecular weight excluding hydrogens is 531 g/mol. The highest BCUT2D eigenvalue weighted by Gasteiger charge is 2.28. The lowest BCUT2D eigenvalue weighted by Gasteiger charge is -2.36. The summed E-state index contributed by atoms with van der Waals surface area (Å²) in [6, 6.07) is 7.77. The maximum atomic E-state index is 12.5. The molecule has 2 rings (SSSR count). The van der Waals surface area contributed by atoms with Crippen LogP contribution < -0.4 is 5.32 Å². The summed E-state index contributed by atoms with van der Waals surface area (Å²) < 4.78 is 31.9. The Morgan fingerprint density at radius 3 is 2.35 bits per heavy atom. The molecule has 1 saturated heterocycles. The Morgan fingerprint density at radius 2 is 1.81 bits per heavy atom.